The maximum Gasteiger partial charge on any atom is 0.264 e. The lowest BCUT2D eigenvalue weighted by molar-refractivity contribution is -0.0210. The van der Waals surface area contributed by atoms with Crippen molar-refractivity contribution in [2.24, 2.45) is 0 Å². The number of carbonyl (C=O) groups excluding carboxylic acids is 1. The number of likely N-dealkylation sites (tertiary alicyclic amines) is 1. The van der Waals surface area contributed by atoms with E-state index in [4.69, 9.17) is 16.3 Å². The molecule has 0 spiro atoms. The average Bonchev–Trinajstić information content (AvgIpc) is 2.93. The minimum Gasteiger partial charge on any atom is -0.495 e. The van der Waals surface area contributed by atoms with Gasteiger partial charge in [0.2, 0.25) is 0 Å². The summed E-state index contributed by atoms with van der Waals surface area (Å²) in [4.78, 5) is 19.2. The van der Waals surface area contributed by atoms with Crippen LogP contribution < -0.4 is 9.46 Å². The SMILES string of the molecule is COc1cc(C(=O)N2CCC(O)(c3ccccc3Cl)CC2)ccc1NS(=O)(=O)c1cccc2cccnc12. The van der Waals surface area contributed by atoms with Gasteiger partial charge in [-0.3, -0.25) is 14.5 Å². The first-order valence-corrected chi connectivity index (χ1v) is 13.9. The molecule has 1 aliphatic heterocycles. The molecule has 10 heteroatoms. The molecule has 0 saturated carbocycles. The Kier molecular flexibility index (Phi) is 7.00. The van der Waals surface area contributed by atoms with Gasteiger partial charge in [0.1, 0.15) is 10.6 Å². The molecule has 2 heterocycles. The molecule has 3 aromatic carbocycles. The number of amides is 1. The van der Waals surface area contributed by atoms with Crippen LogP contribution in [0.3, 0.4) is 0 Å². The predicted molar refractivity (Wildman–Crippen MR) is 146 cm³/mol. The van der Waals surface area contributed by atoms with Crippen molar-refractivity contribution in [3.63, 3.8) is 0 Å². The van der Waals surface area contributed by atoms with Crippen LogP contribution in [0, 0.1) is 0 Å². The molecule has 1 aromatic heterocycles. The van der Waals surface area contributed by atoms with Crippen molar-refractivity contribution >= 4 is 44.1 Å². The van der Waals surface area contributed by atoms with Gasteiger partial charge in [-0.2, -0.15) is 0 Å². The van der Waals surface area contributed by atoms with Crippen molar-refractivity contribution in [2.75, 3.05) is 24.9 Å². The fraction of sp³-hybridized carbons (Fsp3) is 0.214. The summed E-state index contributed by atoms with van der Waals surface area (Å²) in [6.07, 6.45) is 2.23. The topological polar surface area (TPSA) is 109 Å². The summed E-state index contributed by atoms with van der Waals surface area (Å²) in [6, 6.07) is 20.2. The number of ether oxygens (including phenoxy) is 1. The van der Waals surface area contributed by atoms with Crippen LogP contribution in [-0.4, -0.2) is 49.5 Å². The highest BCUT2D eigenvalue weighted by Crippen LogP contribution is 2.37. The van der Waals surface area contributed by atoms with E-state index in [0.29, 0.717) is 53.0 Å². The van der Waals surface area contributed by atoms with Gasteiger partial charge in [0.05, 0.1) is 23.9 Å². The molecule has 5 rings (SSSR count). The fourth-order valence-corrected chi connectivity index (χ4v) is 6.33. The van der Waals surface area contributed by atoms with Gasteiger partial charge in [-0.15, -0.1) is 0 Å². The Balaban J connectivity index is 1.34. The third-order valence-corrected chi connectivity index (χ3v) is 8.56. The van der Waals surface area contributed by atoms with Gasteiger partial charge in [-0.05, 0) is 49.2 Å². The molecule has 0 atom stereocenters. The van der Waals surface area contributed by atoms with Crippen molar-refractivity contribution < 1.29 is 23.1 Å². The number of hydrogen-bond donors (Lipinski definition) is 2. The molecule has 196 valence electrons. The summed E-state index contributed by atoms with van der Waals surface area (Å²) in [5, 5.41) is 12.4. The maximum atomic E-state index is 13.3. The number of rotatable bonds is 6. The number of carbonyl (C=O) groups is 1. The summed E-state index contributed by atoms with van der Waals surface area (Å²) in [5.41, 5.74) is 0.456. The van der Waals surface area contributed by atoms with E-state index >= 15 is 0 Å². The lowest BCUT2D eigenvalue weighted by Gasteiger charge is -2.39. The monoisotopic (exact) mass is 551 g/mol. The first kappa shape index (κ1) is 26.0. The second-order valence-corrected chi connectivity index (χ2v) is 11.2. The van der Waals surface area contributed by atoms with Gasteiger partial charge in [-0.25, -0.2) is 8.42 Å². The minimum atomic E-state index is -4.00. The number of nitrogens with zero attached hydrogens (tertiary/aromatic N) is 2. The highest BCUT2D eigenvalue weighted by molar-refractivity contribution is 7.93. The van der Waals surface area contributed by atoms with Gasteiger partial charge >= 0.3 is 0 Å². The number of methoxy groups -OCH3 is 1. The number of nitrogens with one attached hydrogen (secondary N) is 1. The van der Waals surface area contributed by atoms with Crippen LogP contribution in [0.25, 0.3) is 10.9 Å². The molecule has 38 heavy (non-hydrogen) atoms. The zero-order chi connectivity index (χ0) is 26.9. The van der Waals surface area contributed by atoms with Crippen LogP contribution in [-0.2, 0) is 15.6 Å². The quantitative estimate of drug-likeness (QED) is 0.355. The summed E-state index contributed by atoms with van der Waals surface area (Å²) in [6.45, 7) is 0.677. The van der Waals surface area contributed by atoms with E-state index in [-0.39, 0.29) is 22.2 Å². The number of halogens is 1. The molecule has 1 saturated heterocycles. The number of piperidine rings is 1. The molecule has 0 radical (unpaired) electrons. The second kappa shape index (κ2) is 10.2. The minimum absolute atomic E-state index is 0.0390. The number of fused-ring (bicyclic) bond motifs is 1. The Labute approximate surface area is 225 Å². The van der Waals surface area contributed by atoms with E-state index in [1.165, 1.54) is 31.5 Å². The fourth-order valence-electron chi connectivity index (χ4n) is 4.77. The lowest BCUT2D eigenvalue weighted by atomic mass is 9.84. The number of aliphatic hydroxyl groups is 1. The number of para-hydroxylation sites is 1. The normalized spacial score (nSPS) is 15.3. The number of aromatic nitrogens is 1. The van der Waals surface area contributed by atoms with Gasteiger partial charge in [0, 0.05) is 40.8 Å². The molecule has 0 aliphatic carbocycles. The first-order valence-electron chi connectivity index (χ1n) is 12.0. The molecule has 0 bridgehead atoms. The van der Waals surface area contributed by atoms with E-state index in [2.05, 4.69) is 9.71 Å². The molecule has 1 fully saturated rings. The highest BCUT2D eigenvalue weighted by atomic mass is 35.5. The van der Waals surface area contributed by atoms with Gasteiger partial charge in [0.25, 0.3) is 15.9 Å². The van der Waals surface area contributed by atoms with Crippen LogP contribution in [0.1, 0.15) is 28.8 Å². The largest absolute Gasteiger partial charge is 0.495 e. The Hall–Kier alpha value is -3.66. The smallest absolute Gasteiger partial charge is 0.264 e. The van der Waals surface area contributed by atoms with Crippen LogP contribution in [0.4, 0.5) is 5.69 Å². The summed E-state index contributed by atoms with van der Waals surface area (Å²) in [5.74, 6) is -0.0330. The van der Waals surface area contributed by atoms with Crippen LogP contribution in [0.2, 0.25) is 5.02 Å². The predicted octanol–water partition coefficient (Wildman–Crippen LogP) is 4.82. The van der Waals surface area contributed by atoms with Gasteiger partial charge in [0.15, 0.2) is 0 Å². The molecule has 1 aliphatic rings. The van der Waals surface area contributed by atoms with Gasteiger partial charge in [-0.1, -0.05) is 48.0 Å². The Morgan fingerprint density at radius 2 is 1.79 bits per heavy atom. The third-order valence-electron chi connectivity index (χ3n) is 6.83. The Morgan fingerprint density at radius 3 is 2.53 bits per heavy atom. The van der Waals surface area contributed by atoms with Gasteiger partial charge < -0.3 is 14.7 Å². The van der Waals surface area contributed by atoms with E-state index in [1.54, 1.807) is 47.4 Å². The average molecular weight is 552 g/mol. The maximum absolute atomic E-state index is 13.3. The van der Waals surface area contributed by atoms with Crippen LogP contribution >= 0.6 is 11.6 Å². The second-order valence-electron chi connectivity index (χ2n) is 9.16. The standard InChI is InChI=1S/C28H26ClN3O5S/c1-37-24-18-20(27(33)32-16-13-28(34,14-17-32)21-8-2-3-9-22(21)29)11-12-23(24)31-38(35,36)25-10-4-6-19-7-5-15-30-26(19)25/h2-12,15,18,31,34H,13-14,16-17H2,1H3. The van der Waals surface area contributed by atoms with Crippen LogP contribution in [0.15, 0.2) is 83.9 Å². The molecular weight excluding hydrogens is 526 g/mol. The summed E-state index contributed by atoms with van der Waals surface area (Å²) < 4.78 is 34.5. The van der Waals surface area contributed by atoms with E-state index in [0.717, 1.165) is 0 Å². The number of sulfonamides is 1. The number of anilines is 1. The molecular formula is C28H26ClN3O5S. The molecule has 2 N–H and O–H groups in total. The zero-order valence-corrected chi connectivity index (χ0v) is 22.2. The zero-order valence-electron chi connectivity index (χ0n) is 20.6. The van der Waals surface area contributed by atoms with Crippen LogP contribution in [0.5, 0.6) is 5.75 Å². The molecule has 4 aromatic rings. The van der Waals surface area contributed by atoms with E-state index in [9.17, 15) is 18.3 Å². The first-order chi connectivity index (χ1) is 18.2. The van der Waals surface area contributed by atoms with Crippen molar-refractivity contribution in [3.05, 3.63) is 95.1 Å². The summed E-state index contributed by atoms with van der Waals surface area (Å²) >= 11 is 6.30. The number of pyridine rings is 1. The lowest BCUT2D eigenvalue weighted by Crippen LogP contribution is -2.45. The van der Waals surface area contributed by atoms with Crippen molar-refractivity contribution in [3.8, 4) is 5.75 Å². The highest BCUT2D eigenvalue weighted by Gasteiger charge is 2.37. The number of hydrogen-bond acceptors (Lipinski definition) is 6. The Morgan fingerprint density at radius 1 is 1.05 bits per heavy atom. The number of benzene rings is 3. The molecule has 0 unspecified atom stereocenters. The van der Waals surface area contributed by atoms with E-state index < -0.39 is 15.6 Å². The third kappa shape index (κ3) is 4.92. The summed E-state index contributed by atoms with van der Waals surface area (Å²) in [7, 11) is -2.59. The molecule has 8 nitrogen and oxygen atoms in total. The Bertz CT molecular complexity index is 1610. The molecule has 1 amide bonds. The van der Waals surface area contributed by atoms with Crippen molar-refractivity contribution in [1.29, 1.82) is 0 Å². The van der Waals surface area contributed by atoms with Crippen molar-refractivity contribution in [1.82, 2.24) is 9.88 Å². The van der Waals surface area contributed by atoms with E-state index in [1.807, 2.05) is 12.1 Å². The van der Waals surface area contributed by atoms with Crippen molar-refractivity contribution in [2.45, 2.75) is 23.3 Å².